The highest BCUT2D eigenvalue weighted by Gasteiger charge is 2.16. The van der Waals surface area contributed by atoms with E-state index in [1.165, 1.54) is 0 Å². The zero-order chi connectivity index (χ0) is 18.6. The molecule has 1 aliphatic carbocycles. The molecule has 3 aromatic rings. The van der Waals surface area contributed by atoms with Crippen molar-refractivity contribution < 1.29 is 4.79 Å². The Hall–Kier alpha value is -3.08. The summed E-state index contributed by atoms with van der Waals surface area (Å²) in [6.45, 7) is 2.26. The lowest BCUT2D eigenvalue weighted by Crippen LogP contribution is -2.22. The Morgan fingerprint density at radius 1 is 1.11 bits per heavy atom. The Labute approximate surface area is 158 Å². The zero-order valence-corrected chi connectivity index (χ0v) is 15.4. The molecule has 1 amide bonds. The first kappa shape index (κ1) is 17.3. The molecular weight excluding hydrogens is 336 g/mol. The number of benzene rings is 1. The predicted octanol–water partition coefficient (Wildman–Crippen LogP) is 4.59. The maximum atomic E-state index is 12.9. The van der Waals surface area contributed by atoms with Crippen molar-refractivity contribution in [2.75, 3.05) is 0 Å². The number of rotatable bonds is 3. The van der Waals surface area contributed by atoms with Crippen LogP contribution in [-0.4, -0.2) is 21.6 Å². The number of hydrogen-bond donors (Lipinski definition) is 1. The van der Waals surface area contributed by atoms with Crippen LogP contribution >= 0.6 is 0 Å². The minimum absolute atomic E-state index is 0.199. The molecule has 0 radical (unpaired) electrons. The van der Waals surface area contributed by atoms with Gasteiger partial charge in [0.15, 0.2) is 0 Å². The largest absolute Gasteiger partial charge is 0.272 e. The molecule has 0 atom stereocenters. The SMILES string of the molecule is CC1CCC(=NNC(=O)c2cc(-c3ccncc3)nc3ccccc23)CC1. The van der Waals surface area contributed by atoms with E-state index in [2.05, 4.69) is 22.4 Å². The Kier molecular flexibility index (Phi) is 4.92. The fourth-order valence-electron chi connectivity index (χ4n) is 3.43. The highest BCUT2D eigenvalue weighted by Crippen LogP contribution is 2.25. The molecule has 0 aliphatic heterocycles. The van der Waals surface area contributed by atoms with Crippen molar-refractivity contribution in [1.82, 2.24) is 15.4 Å². The van der Waals surface area contributed by atoms with Crippen LogP contribution < -0.4 is 5.43 Å². The molecule has 0 unspecified atom stereocenters. The van der Waals surface area contributed by atoms with E-state index in [0.717, 1.165) is 59.5 Å². The zero-order valence-electron chi connectivity index (χ0n) is 15.4. The number of carbonyl (C=O) groups excluding carboxylic acids is 1. The number of pyridine rings is 2. The van der Waals surface area contributed by atoms with E-state index >= 15 is 0 Å². The molecule has 1 N–H and O–H groups in total. The topological polar surface area (TPSA) is 67.2 Å². The fourth-order valence-corrected chi connectivity index (χ4v) is 3.43. The first-order valence-corrected chi connectivity index (χ1v) is 9.36. The van der Waals surface area contributed by atoms with Gasteiger partial charge in [0.05, 0.1) is 16.8 Å². The van der Waals surface area contributed by atoms with Crippen LogP contribution in [-0.2, 0) is 0 Å². The maximum absolute atomic E-state index is 12.9. The van der Waals surface area contributed by atoms with Crippen LogP contribution in [0.1, 0.15) is 43.0 Å². The molecule has 0 spiro atoms. The van der Waals surface area contributed by atoms with Crippen LogP contribution in [0.15, 0.2) is 60.0 Å². The van der Waals surface area contributed by atoms with Crippen LogP contribution in [0.2, 0.25) is 0 Å². The van der Waals surface area contributed by atoms with Gasteiger partial charge >= 0.3 is 0 Å². The van der Waals surface area contributed by atoms with E-state index in [1.807, 2.05) is 42.5 Å². The Balaban J connectivity index is 1.67. The number of hydrazone groups is 1. The molecule has 5 heteroatoms. The number of fused-ring (bicyclic) bond motifs is 1. The minimum Gasteiger partial charge on any atom is -0.267 e. The average molecular weight is 358 g/mol. The Bertz CT molecular complexity index is 988. The monoisotopic (exact) mass is 358 g/mol. The molecule has 136 valence electrons. The van der Waals surface area contributed by atoms with E-state index < -0.39 is 0 Å². The number of nitrogens with zero attached hydrogens (tertiary/aromatic N) is 3. The van der Waals surface area contributed by atoms with Gasteiger partial charge in [0.25, 0.3) is 5.91 Å². The second kappa shape index (κ2) is 7.66. The van der Waals surface area contributed by atoms with Gasteiger partial charge in [0, 0.05) is 29.1 Å². The maximum Gasteiger partial charge on any atom is 0.272 e. The molecule has 0 bridgehead atoms. The highest BCUT2D eigenvalue weighted by atomic mass is 16.2. The van der Waals surface area contributed by atoms with E-state index in [0.29, 0.717) is 5.56 Å². The molecule has 2 heterocycles. The molecular formula is C22H22N4O. The summed E-state index contributed by atoms with van der Waals surface area (Å²) in [6.07, 6.45) is 7.64. The molecule has 0 saturated heterocycles. The summed E-state index contributed by atoms with van der Waals surface area (Å²) in [5, 5.41) is 5.21. The number of hydrogen-bond acceptors (Lipinski definition) is 4. The van der Waals surface area contributed by atoms with Crippen molar-refractivity contribution in [3.8, 4) is 11.3 Å². The highest BCUT2D eigenvalue weighted by molar-refractivity contribution is 6.07. The number of para-hydroxylation sites is 1. The van der Waals surface area contributed by atoms with E-state index in [4.69, 9.17) is 4.98 Å². The predicted molar refractivity (Wildman–Crippen MR) is 108 cm³/mol. The summed E-state index contributed by atoms with van der Waals surface area (Å²) < 4.78 is 0. The third-order valence-corrected chi connectivity index (χ3v) is 5.10. The van der Waals surface area contributed by atoms with Crippen molar-refractivity contribution in [3.63, 3.8) is 0 Å². The molecule has 27 heavy (non-hydrogen) atoms. The van der Waals surface area contributed by atoms with Crippen LogP contribution in [0.25, 0.3) is 22.2 Å². The van der Waals surface area contributed by atoms with Crippen LogP contribution in [0.4, 0.5) is 0 Å². The van der Waals surface area contributed by atoms with Crippen LogP contribution in [0, 0.1) is 5.92 Å². The summed E-state index contributed by atoms with van der Waals surface area (Å²) in [6, 6.07) is 13.3. The van der Waals surface area contributed by atoms with Crippen molar-refractivity contribution >= 4 is 22.5 Å². The second-order valence-corrected chi connectivity index (χ2v) is 7.11. The molecule has 4 rings (SSSR count). The third kappa shape index (κ3) is 3.87. The van der Waals surface area contributed by atoms with Gasteiger partial charge in [-0.15, -0.1) is 0 Å². The number of carbonyl (C=O) groups is 1. The second-order valence-electron chi connectivity index (χ2n) is 7.11. The smallest absolute Gasteiger partial charge is 0.267 e. The van der Waals surface area contributed by atoms with Gasteiger partial charge in [-0.1, -0.05) is 25.1 Å². The normalized spacial score (nSPS) is 16.9. The van der Waals surface area contributed by atoms with Crippen LogP contribution in [0.3, 0.4) is 0 Å². The molecule has 1 fully saturated rings. The summed E-state index contributed by atoms with van der Waals surface area (Å²) >= 11 is 0. The van der Waals surface area contributed by atoms with E-state index in [-0.39, 0.29) is 5.91 Å². The van der Waals surface area contributed by atoms with E-state index in [9.17, 15) is 4.79 Å². The molecule has 1 aliphatic rings. The van der Waals surface area contributed by atoms with Gasteiger partial charge in [-0.3, -0.25) is 9.78 Å². The van der Waals surface area contributed by atoms with Crippen molar-refractivity contribution in [2.45, 2.75) is 32.6 Å². The summed E-state index contributed by atoms with van der Waals surface area (Å²) in [7, 11) is 0. The lowest BCUT2D eigenvalue weighted by atomic mass is 9.90. The first-order chi connectivity index (χ1) is 13.2. The lowest BCUT2D eigenvalue weighted by Gasteiger charge is -2.18. The standard InChI is InChI=1S/C22H22N4O/c1-15-6-8-17(9-7-15)25-26-22(27)19-14-21(16-10-12-23-13-11-16)24-20-5-3-2-4-18(19)20/h2-5,10-15H,6-9H2,1H3,(H,26,27). The van der Waals surface area contributed by atoms with Crippen molar-refractivity contribution in [1.29, 1.82) is 0 Å². The van der Waals surface area contributed by atoms with Gasteiger partial charge < -0.3 is 0 Å². The minimum atomic E-state index is -0.199. The van der Waals surface area contributed by atoms with Gasteiger partial charge in [0.2, 0.25) is 0 Å². The fraction of sp³-hybridized carbons (Fsp3) is 0.273. The Morgan fingerprint density at radius 2 is 1.85 bits per heavy atom. The summed E-state index contributed by atoms with van der Waals surface area (Å²) in [5.74, 6) is 0.543. The summed E-state index contributed by atoms with van der Waals surface area (Å²) in [5.41, 5.74) is 6.89. The quantitative estimate of drug-likeness (QED) is 0.696. The molecule has 2 aromatic heterocycles. The van der Waals surface area contributed by atoms with Crippen molar-refractivity contribution in [3.05, 3.63) is 60.4 Å². The summed E-state index contributed by atoms with van der Waals surface area (Å²) in [4.78, 5) is 21.6. The lowest BCUT2D eigenvalue weighted by molar-refractivity contribution is 0.0956. The average Bonchev–Trinajstić information content (AvgIpc) is 2.73. The van der Waals surface area contributed by atoms with Gasteiger partial charge in [-0.05, 0) is 55.9 Å². The van der Waals surface area contributed by atoms with Gasteiger partial charge in [-0.2, -0.15) is 5.10 Å². The number of nitrogens with one attached hydrogen (secondary N) is 1. The molecule has 1 saturated carbocycles. The van der Waals surface area contributed by atoms with Crippen molar-refractivity contribution in [2.24, 2.45) is 11.0 Å². The van der Waals surface area contributed by atoms with Crippen LogP contribution in [0.5, 0.6) is 0 Å². The van der Waals surface area contributed by atoms with Gasteiger partial charge in [0.1, 0.15) is 0 Å². The molecule has 1 aromatic carbocycles. The van der Waals surface area contributed by atoms with E-state index in [1.54, 1.807) is 12.4 Å². The molecule has 5 nitrogen and oxygen atoms in total. The Morgan fingerprint density at radius 3 is 2.63 bits per heavy atom. The number of amides is 1. The third-order valence-electron chi connectivity index (χ3n) is 5.10. The number of aromatic nitrogens is 2. The van der Waals surface area contributed by atoms with Gasteiger partial charge in [-0.25, -0.2) is 10.4 Å². The first-order valence-electron chi connectivity index (χ1n) is 9.36.